The third-order valence-corrected chi connectivity index (χ3v) is 5.87. The zero-order chi connectivity index (χ0) is 19.8. The number of hydrogen-bond acceptors (Lipinski definition) is 4. The number of likely N-dealkylation sites (tertiary alicyclic amines) is 2. The van der Waals surface area contributed by atoms with Crippen molar-refractivity contribution in [3.05, 3.63) is 52.7 Å². The van der Waals surface area contributed by atoms with Crippen LogP contribution < -0.4 is 0 Å². The first-order valence-electron chi connectivity index (χ1n) is 9.70. The smallest absolute Gasteiger partial charge is 0.259 e. The first-order valence-corrected chi connectivity index (χ1v) is 9.70. The van der Waals surface area contributed by atoms with Crippen molar-refractivity contribution in [1.82, 2.24) is 15.0 Å². The molecule has 2 amide bonds. The molecule has 2 aliphatic heterocycles. The number of carbonyl (C=O) groups excluding carboxylic acids is 2. The fourth-order valence-corrected chi connectivity index (χ4v) is 4.48. The molecule has 2 aliphatic rings. The molecule has 1 aromatic heterocycles. The van der Waals surface area contributed by atoms with E-state index in [4.69, 9.17) is 4.52 Å². The Labute approximate surface area is 163 Å². The van der Waals surface area contributed by atoms with E-state index in [2.05, 4.69) is 5.16 Å². The summed E-state index contributed by atoms with van der Waals surface area (Å²) >= 11 is 0. The van der Waals surface area contributed by atoms with Gasteiger partial charge in [-0.2, -0.15) is 0 Å². The minimum Gasteiger partial charge on any atom is -0.361 e. The summed E-state index contributed by atoms with van der Waals surface area (Å²) in [7, 11) is 0. The van der Waals surface area contributed by atoms with Crippen LogP contribution in [0.4, 0.5) is 4.39 Å². The summed E-state index contributed by atoms with van der Waals surface area (Å²) in [5.41, 5.74) is 1.87. The van der Waals surface area contributed by atoms with Gasteiger partial charge in [0.2, 0.25) is 5.91 Å². The van der Waals surface area contributed by atoms with Crippen LogP contribution in [0.15, 0.2) is 28.8 Å². The van der Waals surface area contributed by atoms with E-state index in [1.165, 1.54) is 12.1 Å². The summed E-state index contributed by atoms with van der Waals surface area (Å²) < 4.78 is 18.7. The molecule has 148 valence electrons. The van der Waals surface area contributed by atoms with Crippen molar-refractivity contribution in [1.29, 1.82) is 0 Å². The molecule has 0 unspecified atom stereocenters. The van der Waals surface area contributed by atoms with E-state index >= 15 is 0 Å². The standard InChI is InChI=1S/C21H24FN3O3/c1-13-20(14(2)28-23-13)21(27)24-11-16-6-4-8-19(26)25(18(16)12-24)10-15-5-3-7-17(22)9-15/h3,5,7,9,16,18H,4,6,8,10-12H2,1-2H3/t16-,18+/m1/s1. The van der Waals surface area contributed by atoms with Crippen molar-refractivity contribution >= 4 is 11.8 Å². The predicted molar refractivity (Wildman–Crippen MR) is 100.0 cm³/mol. The van der Waals surface area contributed by atoms with E-state index in [0.29, 0.717) is 43.1 Å². The quantitative estimate of drug-likeness (QED) is 0.814. The van der Waals surface area contributed by atoms with E-state index in [0.717, 1.165) is 18.4 Å². The number of aryl methyl sites for hydroxylation is 2. The van der Waals surface area contributed by atoms with Crippen molar-refractivity contribution in [3.8, 4) is 0 Å². The molecule has 0 saturated carbocycles. The largest absolute Gasteiger partial charge is 0.361 e. The van der Waals surface area contributed by atoms with Crippen molar-refractivity contribution < 1.29 is 18.5 Å². The van der Waals surface area contributed by atoms with E-state index in [1.807, 2.05) is 11.0 Å². The van der Waals surface area contributed by atoms with Gasteiger partial charge < -0.3 is 14.3 Å². The molecule has 0 radical (unpaired) electrons. The molecule has 2 saturated heterocycles. The molecule has 2 aromatic rings. The number of halogens is 1. The van der Waals surface area contributed by atoms with Gasteiger partial charge in [-0.05, 0) is 50.3 Å². The van der Waals surface area contributed by atoms with Gasteiger partial charge in [0.1, 0.15) is 17.1 Å². The summed E-state index contributed by atoms with van der Waals surface area (Å²) in [6.45, 7) is 4.96. The van der Waals surface area contributed by atoms with Crippen molar-refractivity contribution in [2.75, 3.05) is 13.1 Å². The van der Waals surface area contributed by atoms with E-state index in [9.17, 15) is 14.0 Å². The predicted octanol–water partition coefficient (Wildman–Crippen LogP) is 3.08. The Kier molecular flexibility index (Phi) is 4.91. The fourth-order valence-electron chi connectivity index (χ4n) is 4.48. The van der Waals surface area contributed by atoms with Gasteiger partial charge in [0.15, 0.2) is 0 Å². The van der Waals surface area contributed by atoms with Crippen molar-refractivity contribution in [2.45, 2.75) is 45.7 Å². The number of carbonyl (C=O) groups is 2. The molecular formula is C21H24FN3O3. The molecule has 2 atom stereocenters. The second kappa shape index (κ2) is 7.37. The van der Waals surface area contributed by atoms with Crippen LogP contribution in [0, 0.1) is 25.6 Å². The normalized spacial score (nSPS) is 22.3. The Morgan fingerprint density at radius 3 is 2.86 bits per heavy atom. The lowest BCUT2D eigenvalue weighted by molar-refractivity contribution is -0.133. The number of hydrogen-bond donors (Lipinski definition) is 0. The highest BCUT2D eigenvalue weighted by molar-refractivity contribution is 5.96. The minimum atomic E-state index is -0.307. The Hall–Kier alpha value is -2.70. The zero-order valence-electron chi connectivity index (χ0n) is 16.2. The first-order chi connectivity index (χ1) is 13.4. The zero-order valence-corrected chi connectivity index (χ0v) is 16.2. The van der Waals surface area contributed by atoms with Gasteiger partial charge in [-0.3, -0.25) is 9.59 Å². The SMILES string of the molecule is Cc1noc(C)c1C(=O)N1C[C@H]2CCCC(=O)N(Cc3cccc(F)c3)[C@H]2C1. The fraction of sp³-hybridized carbons (Fsp3) is 0.476. The second-order valence-electron chi connectivity index (χ2n) is 7.78. The molecular weight excluding hydrogens is 361 g/mol. The third kappa shape index (κ3) is 3.41. The number of fused-ring (bicyclic) bond motifs is 1. The second-order valence-corrected chi connectivity index (χ2v) is 7.78. The van der Waals surface area contributed by atoms with Crippen LogP contribution in [-0.2, 0) is 11.3 Å². The van der Waals surface area contributed by atoms with Gasteiger partial charge in [0.25, 0.3) is 5.91 Å². The van der Waals surface area contributed by atoms with Crippen LogP contribution in [0.25, 0.3) is 0 Å². The van der Waals surface area contributed by atoms with Gasteiger partial charge in [0.05, 0.1) is 11.7 Å². The van der Waals surface area contributed by atoms with E-state index < -0.39 is 0 Å². The lowest BCUT2D eigenvalue weighted by atomic mass is 9.98. The van der Waals surface area contributed by atoms with Crippen LogP contribution in [0.3, 0.4) is 0 Å². The van der Waals surface area contributed by atoms with Gasteiger partial charge in [0, 0.05) is 26.1 Å². The maximum Gasteiger partial charge on any atom is 0.259 e. The van der Waals surface area contributed by atoms with Crippen LogP contribution in [0.1, 0.15) is 46.6 Å². The first kappa shape index (κ1) is 18.7. The van der Waals surface area contributed by atoms with Crippen LogP contribution in [0.5, 0.6) is 0 Å². The average Bonchev–Trinajstić information content (AvgIpc) is 3.19. The summed E-state index contributed by atoms with van der Waals surface area (Å²) in [6, 6.07) is 6.30. The number of benzene rings is 1. The molecule has 3 heterocycles. The highest BCUT2D eigenvalue weighted by Crippen LogP contribution is 2.33. The van der Waals surface area contributed by atoms with Gasteiger partial charge in [-0.25, -0.2) is 4.39 Å². The molecule has 0 bridgehead atoms. The Balaban J connectivity index is 1.57. The number of amides is 2. The van der Waals surface area contributed by atoms with Gasteiger partial charge in [-0.15, -0.1) is 0 Å². The Bertz CT molecular complexity index is 891. The molecule has 0 N–H and O–H groups in total. The number of rotatable bonds is 3. The maximum absolute atomic E-state index is 13.6. The third-order valence-electron chi connectivity index (χ3n) is 5.87. The highest BCUT2D eigenvalue weighted by atomic mass is 19.1. The molecule has 7 heteroatoms. The monoisotopic (exact) mass is 385 g/mol. The van der Waals surface area contributed by atoms with Crippen molar-refractivity contribution in [2.24, 2.45) is 5.92 Å². The highest BCUT2D eigenvalue weighted by Gasteiger charge is 2.42. The average molecular weight is 385 g/mol. The number of nitrogens with zero attached hydrogens (tertiary/aromatic N) is 3. The maximum atomic E-state index is 13.6. The number of aromatic nitrogens is 1. The lowest BCUT2D eigenvalue weighted by Crippen LogP contribution is -2.43. The molecule has 4 rings (SSSR count). The lowest BCUT2D eigenvalue weighted by Gasteiger charge is -2.30. The summed E-state index contributed by atoms with van der Waals surface area (Å²) in [6.07, 6.45) is 2.22. The van der Waals surface area contributed by atoms with Crippen LogP contribution in [0.2, 0.25) is 0 Å². The molecule has 2 fully saturated rings. The van der Waals surface area contributed by atoms with Crippen LogP contribution in [-0.4, -0.2) is 45.9 Å². The molecule has 0 aliphatic carbocycles. The summed E-state index contributed by atoms with van der Waals surface area (Å²) in [5.74, 6) is 0.413. The molecule has 0 spiro atoms. The summed E-state index contributed by atoms with van der Waals surface area (Å²) in [5, 5.41) is 3.88. The molecule has 6 nitrogen and oxygen atoms in total. The van der Waals surface area contributed by atoms with E-state index in [-0.39, 0.29) is 29.6 Å². The van der Waals surface area contributed by atoms with Crippen molar-refractivity contribution in [3.63, 3.8) is 0 Å². The van der Waals surface area contributed by atoms with E-state index in [1.54, 1.807) is 24.8 Å². The minimum absolute atomic E-state index is 0.0531. The molecule has 1 aromatic carbocycles. The topological polar surface area (TPSA) is 66.7 Å². The Morgan fingerprint density at radius 2 is 2.14 bits per heavy atom. The van der Waals surface area contributed by atoms with Crippen LogP contribution >= 0.6 is 0 Å². The Morgan fingerprint density at radius 1 is 1.32 bits per heavy atom. The molecule has 28 heavy (non-hydrogen) atoms. The van der Waals surface area contributed by atoms with Gasteiger partial charge >= 0.3 is 0 Å². The summed E-state index contributed by atoms with van der Waals surface area (Å²) in [4.78, 5) is 29.5. The van der Waals surface area contributed by atoms with Gasteiger partial charge in [-0.1, -0.05) is 17.3 Å².